The lowest BCUT2D eigenvalue weighted by molar-refractivity contribution is 0.222. The van der Waals surface area contributed by atoms with Gasteiger partial charge in [-0.25, -0.2) is 0 Å². The fourth-order valence-electron chi connectivity index (χ4n) is 1.76. The number of hydrogen-bond acceptors (Lipinski definition) is 3. The van der Waals surface area contributed by atoms with Gasteiger partial charge < -0.3 is 10.0 Å². The van der Waals surface area contributed by atoms with Gasteiger partial charge in [-0.2, -0.15) is 11.8 Å². The highest BCUT2D eigenvalue weighted by molar-refractivity contribution is 8.00. The maximum atomic E-state index is 8.70. The van der Waals surface area contributed by atoms with Crippen molar-refractivity contribution in [1.29, 1.82) is 0 Å². The van der Waals surface area contributed by atoms with Crippen molar-refractivity contribution in [3.05, 3.63) is 0 Å². The Labute approximate surface area is 79.3 Å². The van der Waals surface area contributed by atoms with Gasteiger partial charge in [-0.05, 0) is 6.42 Å². The Morgan fingerprint density at radius 3 is 2.42 bits per heavy atom. The first-order valence-electron chi connectivity index (χ1n) is 4.71. The van der Waals surface area contributed by atoms with E-state index in [2.05, 4.69) is 30.5 Å². The van der Waals surface area contributed by atoms with Gasteiger partial charge in [-0.1, -0.05) is 13.8 Å². The summed E-state index contributed by atoms with van der Waals surface area (Å²) in [6.07, 6.45) is 0.921. The van der Waals surface area contributed by atoms with E-state index in [1.165, 1.54) is 13.1 Å². The van der Waals surface area contributed by atoms with Crippen molar-refractivity contribution < 1.29 is 5.11 Å². The van der Waals surface area contributed by atoms with Crippen LogP contribution in [-0.4, -0.2) is 46.7 Å². The summed E-state index contributed by atoms with van der Waals surface area (Å²) in [5, 5.41) is 10.2. The lowest BCUT2D eigenvalue weighted by Gasteiger charge is -2.34. The van der Waals surface area contributed by atoms with Gasteiger partial charge in [0.1, 0.15) is 0 Å². The van der Waals surface area contributed by atoms with Gasteiger partial charge in [-0.3, -0.25) is 0 Å². The highest BCUT2D eigenvalue weighted by atomic mass is 32.2. The summed E-state index contributed by atoms with van der Waals surface area (Å²) in [5.41, 5.74) is 0. The Kier molecular flexibility index (Phi) is 4.40. The molecule has 1 aliphatic rings. The van der Waals surface area contributed by atoms with Crippen LogP contribution in [0.25, 0.3) is 0 Å². The van der Waals surface area contributed by atoms with E-state index in [1.54, 1.807) is 0 Å². The van der Waals surface area contributed by atoms with E-state index in [0.717, 1.165) is 23.5 Å². The summed E-state index contributed by atoms with van der Waals surface area (Å²) in [6, 6.07) is 0. The molecule has 0 amide bonds. The minimum absolute atomic E-state index is 0.326. The Bertz CT molecular complexity index is 122. The number of thioether (sulfide) groups is 1. The van der Waals surface area contributed by atoms with Crippen LogP contribution in [0.15, 0.2) is 0 Å². The molecule has 12 heavy (non-hydrogen) atoms. The molecule has 1 fully saturated rings. The molecule has 0 aromatic carbocycles. The molecule has 3 heteroatoms. The zero-order chi connectivity index (χ0) is 8.97. The van der Waals surface area contributed by atoms with Crippen LogP contribution in [-0.2, 0) is 0 Å². The number of hydrogen-bond donors (Lipinski definition) is 1. The summed E-state index contributed by atoms with van der Waals surface area (Å²) < 4.78 is 0. The number of aliphatic hydroxyl groups excluding tert-OH is 1. The lowest BCUT2D eigenvalue weighted by atomic mass is 10.3. The molecule has 1 saturated heterocycles. The van der Waals surface area contributed by atoms with E-state index in [4.69, 9.17) is 5.11 Å². The van der Waals surface area contributed by atoms with E-state index >= 15 is 0 Å². The van der Waals surface area contributed by atoms with Crippen LogP contribution in [0.5, 0.6) is 0 Å². The Balaban J connectivity index is 2.24. The number of aliphatic hydroxyl groups is 1. The average molecular weight is 189 g/mol. The van der Waals surface area contributed by atoms with Gasteiger partial charge in [0.25, 0.3) is 0 Å². The van der Waals surface area contributed by atoms with Gasteiger partial charge in [-0.15, -0.1) is 0 Å². The van der Waals surface area contributed by atoms with Crippen LogP contribution < -0.4 is 0 Å². The summed E-state index contributed by atoms with van der Waals surface area (Å²) in [7, 11) is 0. The molecular weight excluding hydrogens is 170 g/mol. The summed E-state index contributed by atoms with van der Waals surface area (Å²) in [5.74, 6) is 0. The minimum atomic E-state index is 0.326. The number of rotatable bonds is 3. The SMILES string of the molecule is CC1CN(CCCO)CC(C)S1. The molecule has 0 aromatic heterocycles. The van der Waals surface area contributed by atoms with Crippen molar-refractivity contribution in [2.24, 2.45) is 0 Å². The first-order chi connectivity index (χ1) is 5.72. The van der Waals surface area contributed by atoms with Crippen LogP contribution in [0.4, 0.5) is 0 Å². The second-order valence-corrected chi connectivity index (χ2v) is 5.48. The van der Waals surface area contributed by atoms with Gasteiger partial charge in [0.05, 0.1) is 0 Å². The van der Waals surface area contributed by atoms with Crippen molar-refractivity contribution in [3.8, 4) is 0 Å². The molecule has 1 N–H and O–H groups in total. The van der Waals surface area contributed by atoms with Crippen molar-refractivity contribution in [1.82, 2.24) is 4.90 Å². The molecule has 2 unspecified atom stereocenters. The summed E-state index contributed by atoms with van der Waals surface area (Å²) in [4.78, 5) is 2.46. The summed E-state index contributed by atoms with van der Waals surface area (Å²) in [6.45, 7) is 8.33. The van der Waals surface area contributed by atoms with Crippen molar-refractivity contribution in [2.45, 2.75) is 30.8 Å². The van der Waals surface area contributed by atoms with Gasteiger partial charge >= 0.3 is 0 Å². The lowest BCUT2D eigenvalue weighted by Crippen LogP contribution is -2.40. The van der Waals surface area contributed by atoms with E-state index in [1.807, 2.05) is 0 Å². The maximum Gasteiger partial charge on any atom is 0.0443 e. The number of nitrogens with zero attached hydrogens (tertiary/aromatic N) is 1. The highest BCUT2D eigenvalue weighted by Crippen LogP contribution is 2.24. The van der Waals surface area contributed by atoms with Gasteiger partial charge in [0.15, 0.2) is 0 Å². The predicted octanol–water partition coefficient (Wildman–Crippen LogP) is 1.19. The second-order valence-electron chi connectivity index (χ2n) is 3.59. The third kappa shape index (κ3) is 3.33. The van der Waals surface area contributed by atoms with Crippen molar-refractivity contribution >= 4 is 11.8 Å². The summed E-state index contributed by atoms with van der Waals surface area (Å²) >= 11 is 2.07. The fourth-order valence-corrected chi connectivity index (χ4v) is 3.15. The Morgan fingerprint density at radius 2 is 1.92 bits per heavy atom. The van der Waals surface area contributed by atoms with Gasteiger partial charge in [0.2, 0.25) is 0 Å². The van der Waals surface area contributed by atoms with E-state index in [9.17, 15) is 0 Å². The molecule has 1 aliphatic heterocycles. The molecule has 0 aliphatic carbocycles. The van der Waals surface area contributed by atoms with Crippen LogP contribution >= 0.6 is 11.8 Å². The fraction of sp³-hybridized carbons (Fsp3) is 1.00. The molecule has 2 nitrogen and oxygen atoms in total. The molecule has 0 radical (unpaired) electrons. The van der Waals surface area contributed by atoms with Crippen LogP contribution in [0.2, 0.25) is 0 Å². The monoisotopic (exact) mass is 189 g/mol. The van der Waals surface area contributed by atoms with E-state index in [-0.39, 0.29) is 0 Å². The normalized spacial score (nSPS) is 32.2. The average Bonchev–Trinajstić information content (AvgIpc) is 1.99. The van der Waals surface area contributed by atoms with Gasteiger partial charge in [0, 0.05) is 36.7 Å². The molecular formula is C9H19NOS. The topological polar surface area (TPSA) is 23.5 Å². The predicted molar refractivity (Wildman–Crippen MR) is 54.7 cm³/mol. The largest absolute Gasteiger partial charge is 0.396 e. The van der Waals surface area contributed by atoms with Crippen LogP contribution in [0.3, 0.4) is 0 Å². The molecule has 0 aromatic rings. The molecule has 1 rings (SSSR count). The van der Waals surface area contributed by atoms with E-state index < -0.39 is 0 Å². The quantitative estimate of drug-likeness (QED) is 0.721. The maximum absolute atomic E-state index is 8.70. The molecule has 2 atom stereocenters. The smallest absolute Gasteiger partial charge is 0.0443 e. The highest BCUT2D eigenvalue weighted by Gasteiger charge is 2.21. The van der Waals surface area contributed by atoms with Crippen LogP contribution in [0.1, 0.15) is 20.3 Å². The minimum Gasteiger partial charge on any atom is -0.396 e. The van der Waals surface area contributed by atoms with Crippen molar-refractivity contribution in [2.75, 3.05) is 26.2 Å². The van der Waals surface area contributed by atoms with E-state index in [0.29, 0.717) is 6.61 Å². The third-order valence-electron chi connectivity index (χ3n) is 2.13. The standard InChI is InChI=1S/C9H19NOS/c1-8-6-10(4-3-5-11)7-9(2)12-8/h8-9,11H,3-7H2,1-2H3. The van der Waals surface area contributed by atoms with Crippen molar-refractivity contribution in [3.63, 3.8) is 0 Å². The first kappa shape index (κ1) is 10.4. The molecule has 0 bridgehead atoms. The molecule has 0 spiro atoms. The molecule has 0 saturated carbocycles. The Morgan fingerprint density at radius 1 is 1.33 bits per heavy atom. The first-order valence-corrected chi connectivity index (χ1v) is 5.65. The third-order valence-corrected chi connectivity index (χ3v) is 3.36. The zero-order valence-corrected chi connectivity index (χ0v) is 8.81. The van der Waals surface area contributed by atoms with Crippen LogP contribution in [0, 0.1) is 0 Å². The molecule has 72 valence electrons. The Hall–Kier alpha value is 0.270. The second kappa shape index (κ2) is 5.10. The zero-order valence-electron chi connectivity index (χ0n) is 7.99. The molecule has 1 heterocycles.